The van der Waals surface area contributed by atoms with E-state index in [1.54, 1.807) is 11.6 Å². The van der Waals surface area contributed by atoms with E-state index in [-0.39, 0.29) is 4.88 Å². The number of benzene rings is 1. The number of carboxylic acid groups (broad SMARTS) is 1. The van der Waals surface area contributed by atoms with Crippen LogP contribution in [0.2, 0.25) is 0 Å². The van der Waals surface area contributed by atoms with Crippen molar-refractivity contribution in [1.82, 2.24) is 20.0 Å². The molecule has 7 heteroatoms. The third-order valence-electron chi connectivity index (χ3n) is 3.68. The number of carboxylic acids is 1. The SMILES string of the molecule is CCc1ccc(-n2nnc(-c3nc(C)c(C(=O)O)s3)c2C)cc1. The van der Waals surface area contributed by atoms with E-state index in [2.05, 4.69) is 34.4 Å². The number of aryl methyl sites for hydroxylation is 2. The van der Waals surface area contributed by atoms with E-state index in [4.69, 9.17) is 5.11 Å². The molecule has 6 nitrogen and oxygen atoms in total. The van der Waals surface area contributed by atoms with Gasteiger partial charge in [0.15, 0.2) is 0 Å². The second-order valence-corrected chi connectivity index (χ2v) is 6.19. The first-order chi connectivity index (χ1) is 11.0. The molecule has 3 rings (SSSR count). The number of aromatic nitrogens is 4. The predicted octanol–water partition coefficient (Wildman–Crippen LogP) is 3.27. The molecule has 2 heterocycles. The molecule has 0 unspecified atom stereocenters. The first-order valence-corrected chi connectivity index (χ1v) is 8.05. The fourth-order valence-electron chi connectivity index (χ4n) is 2.34. The van der Waals surface area contributed by atoms with Crippen LogP contribution in [0.3, 0.4) is 0 Å². The average Bonchev–Trinajstić information content (AvgIpc) is 3.10. The van der Waals surface area contributed by atoms with Crippen LogP contribution in [0.25, 0.3) is 16.4 Å². The van der Waals surface area contributed by atoms with Crippen LogP contribution in [-0.4, -0.2) is 31.1 Å². The highest BCUT2D eigenvalue weighted by Gasteiger charge is 2.20. The maximum Gasteiger partial charge on any atom is 0.347 e. The van der Waals surface area contributed by atoms with Gasteiger partial charge in [0.2, 0.25) is 0 Å². The molecular weight excluding hydrogens is 312 g/mol. The van der Waals surface area contributed by atoms with Crippen molar-refractivity contribution in [3.05, 3.63) is 46.1 Å². The van der Waals surface area contributed by atoms with E-state index >= 15 is 0 Å². The van der Waals surface area contributed by atoms with Crippen LogP contribution in [0.1, 0.15) is 33.5 Å². The molecule has 0 bridgehead atoms. The zero-order valence-corrected chi connectivity index (χ0v) is 13.9. The fraction of sp³-hybridized carbons (Fsp3) is 0.250. The first-order valence-electron chi connectivity index (χ1n) is 7.24. The summed E-state index contributed by atoms with van der Waals surface area (Å²) in [5, 5.41) is 18.1. The minimum atomic E-state index is -0.966. The van der Waals surface area contributed by atoms with Crippen LogP contribution in [-0.2, 0) is 6.42 Å². The quantitative estimate of drug-likeness (QED) is 0.795. The minimum absolute atomic E-state index is 0.237. The standard InChI is InChI=1S/C16H16N4O2S/c1-4-11-5-7-12(8-6-11)20-10(3)13(18-19-20)15-17-9(2)14(23-15)16(21)22/h5-8H,4H2,1-3H3,(H,21,22). The molecule has 0 radical (unpaired) electrons. The van der Waals surface area contributed by atoms with Crippen LogP contribution < -0.4 is 0 Å². The van der Waals surface area contributed by atoms with Crippen LogP contribution in [0.5, 0.6) is 0 Å². The summed E-state index contributed by atoms with van der Waals surface area (Å²) in [7, 11) is 0. The molecule has 1 aromatic carbocycles. The largest absolute Gasteiger partial charge is 0.477 e. The van der Waals surface area contributed by atoms with E-state index in [1.807, 2.05) is 19.1 Å². The molecule has 0 aliphatic heterocycles. The predicted molar refractivity (Wildman–Crippen MR) is 88.3 cm³/mol. The van der Waals surface area contributed by atoms with Gasteiger partial charge < -0.3 is 5.11 Å². The van der Waals surface area contributed by atoms with Crippen molar-refractivity contribution in [2.45, 2.75) is 27.2 Å². The lowest BCUT2D eigenvalue weighted by molar-refractivity contribution is 0.0701. The maximum absolute atomic E-state index is 11.2. The molecule has 0 aliphatic rings. The summed E-state index contributed by atoms with van der Waals surface area (Å²) in [6, 6.07) is 8.12. The highest BCUT2D eigenvalue weighted by molar-refractivity contribution is 7.17. The van der Waals surface area contributed by atoms with Crippen LogP contribution in [0.15, 0.2) is 24.3 Å². The maximum atomic E-state index is 11.2. The Balaban J connectivity index is 2.01. The average molecular weight is 328 g/mol. The summed E-state index contributed by atoms with van der Waals surface area (Å²) in [5.41, 5.74) is 4.13. The van der Waals surface area contributed by atoms with Crippen LogP contribution in [0, 0.1) is 13.8 Å². The Morgan fingerprint density at radius 1 is 1.26 bits per heavy atom. The Labute approximate surface area is 137 Å². The van der Waals surface area contributed by atoms with Gasteiger partial charge in [0, 0.05) is 0 Å². The van der Waals surface area contributed by atoms with Crippen molar-refractivity contribution in [2.24, 2.45) is 0 Å². The minimum Gasteiger partial charge on any atom is -0.477 e. The zero-order chi connectivity index (χ0) is 16.6. The molecule has 0 aliphatic carbocycles. The number of aromatic carboxylic acids is 1. The normalized spacial score (nSPS) is 10.9. The van der Waals surface area contributed by atoms with E-state index < -0.39 is 5.97 Å². The highest BCUT2D eigenvalue weighted by Crippen LogP contribution is 2.29. The Bertz CT molecular complexity index is 865. The highest BCUT2D eigenvalue weighted by atomic mass is 32.1. The van der Waals surface area contributed by atoms with E-state index in [9.17, 15) is 4.79 Å². The van der Waals surface area contributed by atoms with Gasteiger partial charge in [-0.05, 0) is 38.0 Å². The van der Waals surface area contributed by atoms with Crippen LogP contribution >= 0.6 is 11.3 Å². The van der Waals surface area contributed by atoms with Crippen molar-refractivity contribution < 1.29 is 9.90 Å². The Hall–Kier alpha value is -2.54. The van der Waals surface area contributed by atoms with E-state index in [0.717, 1.165) is 29.1 Å². The number of rotatable bonds is 4. The van der Waals surface area contributed by atoms with Gasteiger partial charge in [-0.25, -0.2) is 14.5 Å². The van der Waals surface area contributed by atoms with Gasteiger partial charge in [0.25, 0.3) is 0 Å². The summed E-state index contributed by atoms with van der Waals surface area (Å²) in [5.74, 6) is -0.966. The molecule has 1 N–H and O–H groups in total. The molecular formula is C16H16N4O2S. The molecule has 2 aromatic heterocycles. The Morgan fingerprint density at radius 2 is 1.96 bits per heavy atom. The number of hydrogen-bond donors (Lipinski definition) is 1. The van der Waals surface area contributed by atoms with Crippen molar-refractivity contribution in [1.29, 1.82) is 0 Å². The fourth-order valence-corrected chi connectivity index (χ4v) is 3.28. The number of nitrogens with zero attached hydrogens (tertiary/aromatic N) is 4. The monoisotopic (exact) mass is 328 g/mol. The van der Waals surface area contributed by atoms with Crippen molar-refractivity contribution in [3.63, 3.8) is 0 Å². The molecule has 0 amide bonds. The second kappa shape index (κ2) is 5.92. The second-order valence-electron chi connectivity index (χ2n) is 5.19. The summed E-state index contributed by atoms with van der Waals surface area (Å²) in [4.78, 5) is 15.7. The van der Waals surface area contributed by atoms with Gasteiger partial charge in [-0.3, -0.25) is 0 Å². The van der Waals surface area contributed by atoms with Crippen molar-refractivity contribution >= 4 is 17.3 Å². The van der Waals surface area contributed by atoms with Gasteiger partial charge >= 0.3 is 5.97 Å². The molecule has 118 valence electrons. The molecule has 3 aromatic rings. The molecule has 0 saturated carbocycles. The summed E-state index contributed by atoms with van der Waals surface area (Å²) < 4.78 is 1.74. The Morgan fingerprint density at radius 3 is 2.52 bits per heavy atom. The van der Waals surface area contributed by atoms with Gasteiger partial charge in [-0.2, -0.15) is 0 Å². The lowest BCUT2D eigenvalue weighted by Gasteiger charge is -2.04. The lowest BCUT2D eigenvalue weighted by Crippen LogP contribution is -1.99. The summed E-state index contributed by atoms with van der Waals surface area (Å²) in [6.45, 7) is 5.70. The zero-order valence-electron chi connectivity index (χ0n) is 13.1. The van der Waals surface area contributed by atoms with E-state index in [0.29, 0.717) is 16.4 Å². The molecule has 23 heavy (non-hydrogen) atoms. The molecule has 0 spiro atoms. The first kappa shape index (κ1) is 15.4. The summed E-state index contributed by atoms with van der Waals surface area (Å²) >= 11 is 1.12. The lowest BCUT2D eigenvalue weighted by atomic mass is 10.1. The van der Waals surface area contributed by atoms with Gasteiger partial charge in [-0.15, -0.1) is 16.4 Å². The number of hydrogen-bond acceptors (Lipinski definition) is 5. The van der Waals surface area contributed by atoms with Crippen molar-refractivity contribution in [3.8, 4) is 16.4 Å². The van der Waals surface area contributed by atoms with Gasteiger partial charge in [0.05, 0.1) is 17.1 Å². The number of thiazole rings is 1. The molecule has 0 saturated heterocycles. The van der Waals surface area contributed by atoms with E-state index in [1.165, 1.54) is 5.56 Å². The topological polar surface area (TPSA) is 80.9 Å². The molecule has 0 atom stereocenters. The smallest absolute Gasteiger partial charge is 0.347 e. The van der Waals surface area contributed by atoms with Gasteiger partial charge in [0.1, 0.15) is 15.6 Å². The third kappa shape index (κ3) is 2.75. The van der Waals surface area contributed by atoms with Gasteiger partial charge in [-0.1, -0.05) is 24.3 Å². The third-order valence-corrected chi connectivity index (χ3v) is 4.83. The van der Waals surface area contributed by atoms with Crippen molar-refractivity contribution in [2.75, 3.05) is 0 Å². The number of carbonyl (C=O) groups is 1. The van der Waals surface area contributed by atoms with Crippen LogP contribution in [0.4, 0.5) is 0 Å². The molecule has 0 fully saturated rings. The summed E-state index contributed by atoms with van der Waals surface area (Å²) in [6.07, 6.45) is 0.984. The Kier molecular flexibility index (Phi) is 3.96.